The van der Waals surface area contributed by atoms with E-state index in [0.29, 0.717) is 19.5 Å². The number of anilines is 3. The molecular weight excluding hydrogens is 432 g/mol. The van der Waals surface area contributed by atoms with E-state index in [4.69, 9.17) is 17.2 Å². The van der Waals surface area contributed by atoms with Gasteiger partial charge in [-0.2, -0.15) is 0 Å². The molecule has 0 saturated heterocycles. The number of aromatic nitrogens is 4. The number of nitrogens with zero attached hydrogens (tertiary/aromatic N) is 5. The molecule has 0 radical (unpaired) electrons. The van der Waals surface area contributed by atoms with E-state index in [0.717, 1.165) is 36.7 Å². The van der Waals surface area contributed by atoms with Crippen LogP contribution in [0.1, 0.15) is 64.5 Å². The van der Waals surface area contributed by atoms with Gasteiger partial charge in [-0.3, -0.25) is 27.9 Å². The first-order chi connectivity index (χ1) is 15.7. The van der Waals surface area contributed by atoms with Crippen LogP contribution in [0.5, 0.6) is 0 Å². The summed E-state index contributed by atoms with van der Waals surface area (Å²) in [6.07, 6.45) is 4.75. The maximum absolute atomic E-state index is 12.1. The predicted octanol–water partition coefficient (Wildman–Crippen LogP) is 0.654. The van der Waals surface area contributed by atoms with Crippen LogP contribution >= 0.6 is 0 Å². The highest BCUT2D eigenvalue weighted by Gasteiger charge is 2.30. The van der Waals surface area contributed by atoms with Crippen LogP contribution in [0, 0.1) is 4.91 Å². The molecule has 6 N–H and O–H groups in total. The Balaban J connectivity index is 0.000000186. The van der Waals surface area contributed by atoms with Gasteiger partial charge in [0.25, 0.3) is 11.1 Å². The highest BCUT2D eigenvalue weighted by Crippen LogP contribution is 2.33. The highest BCUT2D eigenvalue weighted by molar-refractivity contribution is 5.57. The quantitative estimate of drug-likeness (QED) is 0.498. The first-order valence-electron chi connectivity index (χ1n) is 11.1. The number of nitrogen functional groups attached to an aromatic ring is 3. The molecule has 4 rings (SSSR count). The first kappa shape index (κ1) is 24.0. The molecule has 2 aromatic heterocycles. The molecule has 0 unspecified atom stereocenters. The summed E-state index contributed by atoms with van der Waals surface area (Å²) in [5.74, 6) is -0.0394. The number of nitrogens with two attached hydrogens (primary N) is 3. The summed E-state index contributed by atoms with van der Waals surface area (Å²) in [5.41, 5.74) is 14.7. The van der Waals surface area contributed by atoms with E-state index in [-0.39, 0.29) is 40.8 Å². The molecule has 180 valence electrons. The molecule has 0 aromatic carbocycles. The molecule has 0 spiro atoms. The fourth-order valence-corrected chi connectivity index (χ4v) is 3.65. The maximum atomic E-state index is 12.1. The Morgan fingerprint density at radius 2 is 1.18 bits per heavy atom. The predicted molar refractivity (Wildman–Crippen MR) is 126 cm³/mol. The molecule has 2 saturated carbocycles. The Labute approximate surface area is 188 Å². The lowest BCUT2D eigenvalue weighted by Gasteiger charge is -2.13. The van der Waals surface area contributed by atoms with Crippen LogP contribution in [0.15, 0.2) is 24.4 Å². The van der Waals surface area contributed by atoms with Crippen molar-refractivity contribution in [1.29, 1.82) is 0 Å². The zero-order valence-electron chi connectivity index (χ0n) is 18.8. The normalized spacial score (nSPS) is 15.1. The minimum atomic E-state index is -0.669. The average molecular weight is 463 g/mol. The van der Waals surface area contributed by atoms with Crippen LogP contribution in [0.3, 0.4) is 0 Å². The summed E-state index contributed by atoms with van der Waals surface area (Å²) >= 11 is 0. The van der Waals surface area contributed by atoms with E-state index >= 15 is 0 Å². The lowest BCUT2D eigenvalue weighted by Crippen LogP contribution is -2.41. The van der Waals surface area contributed by atoms with Crippen LogP contribution in [-0.4, -0.2) is 18.3 Å². The molecule has 2 aliphatic rings. The van der Waals surface area contributed by atoms with Crippen molar-refractivity contribution < 1.29 is 0 Å². The van der Waals surface area contributed by atoms with Gasteiger partial charge >= 0.3 is 11.4 Å². The Kier molecular flexibility index (Phi) is 6.89. The Bertz CT molecular complexity index is 1290. The van der Waals surface area contributed by atoms with Gasteiger partial charge < -0.3 is 17.2 Å². The molecule has 2 heterocycles. The molecule has 13 nitrogen and oxygen atoms in total. The summed E-state index contributed by atoms with van der Waals surface area (Å²) in [6.45, 7) is 4.68. The van der Waals surface area contributed by atoms with E-state index in [1.54, 1.807) is 0 Å². The molecule has 0 atom stereocenters. The molecule has 0 aliphatic heterocycles. The number of rotatable bonds is 7. The number of nitroso groups, excluding NO2 is 1. The second-order valence-electron chi connectivity index (χ2n) is 8.31. The van der Waals surface area contributed by atoms with Gasteiger partial charge in [0.2, 0.25) is 5.69 Å². The van der Waals surface area contributed by atoms with Crippen LogP contribution in [0.25, 0.3) is 0 Å². The SMILES string of the molecule is CCCn1c(N)c(N)c(=O)n(C2CC2)c1=O.CCCn1c(N)c(N=O)c(=O)n(C2CC2)c1=O. The van der Waals surface area contributed by atoms with Gasteiger partial charge in [-0.25, -0.2) is 9.59 Å². The number of hydrogen-bond donors (Lipinski definition) is 3. The standard InChI is InChI=1S/C10H14N4O3.C10H16N4O2/c1-2-5-13-8(11)7(12-17)9(15)14(10(13)16)6-3-4-6;1-2-5-13-8(12)7(11)9(15)14(10(13)16)6-3-4-6/h6H,2-5,11H2,1H3;6H,2-5,11-12H2,1H3. The van der Waals surface area contributed by atoms with Crippen molar-refractivity contribution in [2.45, 2.75) is 77.5 Å². The van der Waals surface area contributed by atoms with Gasteiger partial charge in [-0.05, 0) is 43.7 Å². The molecule has 0 amide bonds. The van der Waals surface area contributed by atoms with Gasteiger partial charge in [0, 0.05) is 25.2 Å². The molecule has 2 aliphatic carbocycles. The molecular formula is C20H30N8O5. The van der Waals surface area contributed by atoms with Gasteiger partial charge in [-0.15, -0.1) is 4.91 Å². The Morgan fingerprint density at radius 1 is 0.758 bits per heavy atom. The smallest absolute Gasteiger partial charge is 0.332 e. The third kappa shape index (κ3) is 4.47. The van der Waals surface area contributed by atoms with E-state index in [1.165, 1.54) is 13.7 Å². The second-order valence-corrected chi connectivity index (χ2v) is 8.31. The van der Waals surface area contributed by atoms with Crippen molar-refractivity contribution in [3.05, 3.63) is 46.6 Å². The van der Waals surface area contributed by atoms with E-state index in [1.807, 2.05) is 13.8 Å². The van der Waals surface area contributed by atoms with Crippen LogP contribution < -0.4 is 39.7 Å². The fourth-order valence-electron chi connectivity index (χ4n) is 3.65. The van der Waals surface area contributed by atoms with Crippen molar-refractivity contribution in [1.82, 2.24) is 18.3 Å². The van der Waals surface area contributed by atoms with Crippen LogP contribution in [0.4, 0.5) is 23.0 Å². The number of hydrogen-bond acceptors (Lipinski definition) is 9. The largest absolute Gasteiger partial charge is 0.391 e. The van der Waals surface area contributed by atoms with Crippen molar-refractivity contribution >= 4 is 23.0 Å². The zero-order chi connectivity index (χ0) is 24.4. The molecule has 2 aromatic rings. The summed E-state index contributed by atoms with van der Waals surface area (Å²) in [4.78, 5) is 58.4. The van der Waals surface area contributed by atoms with E-state index < -0.39 is 16.8 Å². The Morgan fingerprint density at radius 3 is 1.58 bits per heavy atom. The molecule has 13 heteroatoms. The molecule has 33 heavy (non-hydrogen) atoms. The van der Waals surface area contributed by atoms with Gasteiger partial charge in [-0.1, -0.05) is 13.8 Å². The van der Waals surface area contributed by atoms with E-state index in [2.05, 4.69) is 5.18 Å². The summed E-state index contributed by atoms with van der Waals surface area (Å²) < 4.78 is 4.97. The van der Waals surface area contributed by atoms with Crippen molar-refractivity contribution in [3.63, 3.8) is 0 Å². The summed E-state index contributed by atoms with van der Waals surface area (Å²) in [6, 6.07) is -0.0785. The highest BCUT2D eigenvalue weighted by atomic mass is 16.3. The van der Waals surface area contributed by atoms with Crippen molar-refractivity contribution in [2.75, 3.05) is 17.2 Å². The lowest BCUT2D eigenvalue weighted by molar-refractivity contribution is 0.562. The van der Waals surface area contributed by atoms with Crippen LogP contribution in [0.2, 0.25) is 0 Å². The minimum absolute atomic E-state index is 0.0139. The van der Waals surface area contributed by atoms with Crippen LogP contribution in [-0.2, 0) is 13.1 Å². The fraction of sp³-hybridized carbons (Fsp3) is 0.600. The van der Waals surface area contributed by atoms with Gasteiger partial charge in [0.05, 0.1) is 0 Å². The van der Waals surface area contributed by atoms with Crippen molar-refractivity contribution in [3.8, 4) is 0 Å². The molecule has 0 bridgehead atoms. The monoisotopic (exact) mass is 462 g/mol. The minimum Gasteiger partial charge on any atom is -0.391 e. The zero-order valence-corrected chi connectivity index (χ0v) is 18.8. The first-order valence-corrected chi connectivity index (χ1v) is 11.1. The molecule has 2 fully saturated rings. The Hall–Kier alpha value is -3.64. The van der Waals surface area contributed by atoms with E-state index in [9.17, 15) is 24.1 Å². The maximum Gasteiger partial charge on any atom is 0.332 e. The summed E-state index contributed by atoms with van der Waals surface area (Å²) in [7, 11) is 0. The van der Waals surface area contributed by atoms with Gasteiger partial charge in [0.1, 0.15) is 17.3 Å². The third-order valence-corrected chi connectivity index (χ3v) is 5.65. The van der Waals surface area contributed by atoms with Gasteiger partial charge in [0.15, 0.2) is 0 Å². The lowest BCUT2D eigenvalue weighted by atomic mass is 10.4. The third-order valence-electron chi connectivity index (χ3n) is 5.65. The second kappa shape index (κ2) is 9.46. The van der Waals surface area contributed by atoms with Crippen molar-refractivity contribution in [2.24, 2.45) is 5.18 Å². The summed E-state index contributed by atoms with van der Waals surface area (Å²) in [5, 5.41) is 2.66. The average Bonchev–Trinajstić information content (AvgIpc) is 3.69. The topological polar surface area (TPSA) is 195 Å².